The first-order valence-corrected chi connectivity index (χ1v) is 7.43. The number of hydrogen-bond acceptors (Lipinski definition) is 3. The number of carboxylic acids is 1. The molecule has 1 aromatic carbocycles. The minimum atomic E-state index is -1.05. The van der Waals surface area contributed by atoms with Crippen LogP contribution in [0.5, 0.6) is 0 Å². The van der Waals surface area contributed by atoms with Crippen molar-refractivity contribution in [3.8, 4) is 0 Å². The van der Waals surface area contributed by atoms with Crippen molar-refractivity contribution >= 4 is 23.5 Å². The van der Waals surface area contributed by atoms with Gasteiger partial charge in [-0.05, 0) is 50.1 Å². The van der Waals surface area contributed by atoms with Crippen LogP contribution in [0, 0.1) is 20.8 Å². The van der Waals surface area contributed by atoms with Crippen LogP contribution in [0.25, 0.3) is 0 Å². The molecule has 5 nitrogen and oxygen atoms in total. The lowest BCUT2D eigenvalue weighted by atomic mass is 10.1. The molecule has 2 aromatic rings. The maximum absolute atomic E-state index is 12.5. The Labute approximate surface area is 139 Å². The fourth-order valence-electron chi connectivity index (χ4n) is 2.29. The fourth-order valence-corrected chi connectivity index (χ4v) is 2.59. The summed E-state index contributed by atoms with van der Waals surface area (Å²) >= 11 is 6.17. The number of aromatic carboxylic acids is 1. The Morgan fingerprint density at radius 1 is 1.13 bits per heavy atom. The van der Waals surface area contributed by atoms with E-state index in [1.807, 2.05) is 13.8 Å². The quantitative estimate of drug-likeness (QED) is 0.921. The van der Waals surface area contributed by atoms with Crippen molar-refractivity contribution in [1.82, 2.24) is 4.90 Å². The smallest absolute Gasteiger partial charge is 0.339 e. The topological polar surface area (TPSA) is 70.8 Å². The van der Waals surface area contributed by atoms with E-state index in [2.05, 4.69) is 0 Å². The average Bonchev–Trinajstić information content (AvgIpc) is 2.83. The summed E-state index contributed by atoms with van der Waals surface area (Å²) in [5, 5.41) is 9.43. The Kier molecular flexibility index (Phi) is 4.80. The van der Waals surface area contributed by atoms with Crippen molar-refractivity contribution in [2.45, 2.75) is 27.3 Å². The summed E-state index contributed by atoms with van der Waals surface area (Å²) in [7, 11) is 1.62. The fraction of sp³-hybridized carbons (Fsp3) is 0.294. The SMILES string of the molecule is Cc1cc(Cl)c(C(=O)N(C)Cc2cc(C(=O)O)c(C)o2)cc1C. The predicted molar refractivity (Wildman–Crippen MR) is 87.1 cm³/mol. The molecule has 1 aromatic heterocycles. The molecule has 0 atom stereocenters. The van der Waals surface area contributed by atoms with E-state index in [0.29, 0.717) is 22.1 Å². The van der Waals surface area contributed by atoms with Gasteiger partial charge in [0.15, 0.2) is 0 Å². The van der Waals surface area contributed by atoms with Crippen LogP contribution in [-0.4, -0.2) is 28.9 Å². The molecule has 0 aliphatic rings. The van der Waals surface area contributed by atoms with Crippen molar-refractivity contribution in [2.24, 2.45) is 0 Å². The molecule has 23 heavy (non-hydrogen) atoms. The molecular weight excluding hydrogens is 318 g/mol. The number of rotatable bonds is 4. The number of carbonyl (C=O) groups excluding carboxylic acids is 1. The number of amides is 1. The van der Waals surface area contributed by atoms with Crippen LogP contribution in [0.15, 0.2) is 22.6 Å². The van der Waals surface area contributed by atoms with Crippen molar-refractivity contribution in [2.75, 3.05) is 7.05 Å². The third-order valence-electron chi connectivity index (χ3n) is 3.75. The lowest BCUT2D eigenvalue weighted by Crippen LogP contribution is -2.26. The number of hydrogen-bond donors (Lipinski definition) is 1. The van der Waals surface area contributed by atoms with Crippen LogP contribution in [0.4, 0.5) is 0 Å². The van der Waals surface area contributed by atoms with E-state index in [1.54, 1.807) is 26.1 Å². The zero-order chi connectivity index (χ0) is 17.3. The lowest BCUT2D eigenvalue weighted by Gasteiger charge is -2.17. The Hall–Kier alpha value is -2.27. The van der Waals surface area contributed by atoms with E-state index in [9.17, 15) is 9.59 Å². The Bertz CT molecular complexity index is 779. The molecule has 0 spiro atoms. The summed E-state index contributed by atoms with van der Waals surface area (Å²) in [6.07, 6.45) is 0. The van der Waals surface area contributed by atoms with Gasteiger partial charge in [0, 0.05) is 7.05 Å². The highest BCUT2D eigenvalue weighted by atomic mass is 35.5. The molecule has 0 aliphatic heterocycles. The summed E-state index contributed by atoms with van der Waals surface area (Å²) in [4.78, 5) is 25.0. The minimum Gasteiger partial charge on any atom is -0.478 e. The maximum Gasteiger partial charge on any atom is 0.339 e. The van der Waals surface area contributed by atoms with Crippen LogP contribution < -0.4 is 0 Å². The van der Waals surface area contributed by atoms with Gasteiger partial charge >= 0.3 is 5.97 Å². The van der Waals surface area contributed by atoms with Gasteiger partial charge in [-0.3, -0.25) is 4.79 Å². The van der Waals surface area contributed by atoms with Gasteiger partial charge in [0.05, 0.1) is 17.1 Å². The van der Waals surface area contributed by atoms with Crippen LogP contribution in [0.1, 0.15) is 43.4 Å². The highest BCUT2D eigenvalue weighted by molar-refractivity contribution is 6.33. The van der Waals surface area contributed by atoms with E-state index >= 15 is 0 Å². The number of carbonyl (C=O) groups is 2. The van der Waals surface area contributed by atoms with Crippen LogP contribution in [0.2, 0.25) is 5.02 Å². The lowest BCUT2D eigenvalue weighted by molar-refractivity contribution is 0.0694. The Morgan fingerprint density at radius 2 is 1.74 bits per heavy atom. The van der Waals surface area contributed by atoms with Gasteiger partial charge in [-0.2, -0.15) is 0 Å². The Morgan fingerprint density at radius 3 is 2.30 bits per heavy atom. The summed E-state index contributed by atoms with van der Waals surface area (Å²) in [5.74, 6) is -0.569. The van der Waals surface area contributed by atoms with E-state index in [1.165, 1.54) is 11.0 Å². The molecule has 0 saturated heterocycles. The van der Waals surface area contributed by atoms with E-state index in [0.717, 1.165) is 11.1 Å². The number of halogens is 1. The number of aryl methyl sites for hydroxylation is 3. The second kappa shape index (κ2) is 6.46. The summed E-state index contributed by atoms with van der Waals surface area (Å²) < 4.78 is 5.40. The number of benzene rings is 1. The van der Waals surface area contributed by atoms with Crippen LogP contribution >= 0.6 is 11.6 Å². The molecule has 0 bridgehead atoms. The Balaban J connectivity index is 2.22. The molecular formula is C17H18ClNO4. The zero-order valence-electron chi connectivity index (χ0n) is 13.4. The molecule has 6 heteroatoms. The molecule has 0 saturated carbocycles. The molecule has 2 rings (SSSR count). The first-order chi connectivity index (χ1) is 10.7. The number of carboxylic acid groups (broad SMARTS) is 1. The summed E-state index contributed by atoms with van der Waals surface area (Å²) in [6.45, 7) is 5.58. The zero-order valence-corrected chi connectivity index (χ0v) is 14.2. The van der Waals surface area contributed by atoms with Crippen molar-refractivity contribution < 1.29 is 19.1 Å². The van der Waals surface area contributed by atoms with Crippen molar-refractivity contribution in [1.29, 1.82) is 0 Å². The second-order valence-electron chi connectivity index (χ2n) is 5.57. The van der Waals surface area contributed by atoms with E-state index in [4.69, 9.17) is 21.1 Å². The van der Waals surface area contributed by atoms with Gasteiger partial charge in [-0.1, -0.05) is 11.6 Å². The molecule has 122 valence electrons. The predicted octanol–water partition coefficient (Wildman–Crippen LogP) is 3.83. The first-order valence-electron chi connectivity index (χ1n) is 7.05. The standard InChI is InChI=1S/C17H18ClNO4/c1-9-5-14(15(18)6-10(9)2)16(20)19(4)8-12-7-13(17(21)22)11(3)23-12/h5-7H,8H2,1-4H3,(H,21,22). The average molecular weight is 336 g/mol. The van der Waals surface area contributed by atoms with Gasteiger partial charge in [-0.25, -0.2) is 4.79 Å². The highest BCUT2D eigenvalue weighted by Crippen LogP contribution is 2.23. The van der Waals surface area contributed by atoms with Gasteiger partial charge < -0.3 is 14.4 Å². The van der Waals surface area contributed by atoms with Crippen molar-refractivity contribution in [3.05, 3.63) is 57.0 Å². The van der Waals surface area contributed by atoms with E-state index in [-0.39, 0.29) is 18.0 Å². The third kappa shape index (κ3) is 3.56. The van der Waals surface area contributed by atoms with Crippen LogP contribution in [0.3, 0.4) is 0 Å². The monoisotopic (exact) mass is 335 g/mol. The second-order valence-corrected chi connectivity index (χ2v) is 5.97. The molecule has 0 fully saturated rings. The molecule has 1 heterocycles. The molecule has 0 unspecified atom stereocenters. The van der Waals surface area contributed by atoms with Gasteiger partial charge in [0.1, 0.15) is 17.1 Å². The molecule has 0 radical (unpaired) electrons. The highest BCUT2D eigenvalue weighted by Gasteiger charge is 2.20. The van der Waals surface area contributed by atoms with Gasteiger partial charge in [0.2, 0.25) is 0 Å². The maximum atomic E-state index is 12.5. The third-order valence-corrected chi connectivity index (χ3v) is 4.07. The molecule has 0 aliphatic carbocycles. The molecule has 1 amide bonds. The largest absolute Gasteiger partial charge is 0.478 e. The number of furan rings is 1. The van der Waals surface area contributed by atoms with Gasteiger partial charge in [0.25, 0.3) is 5.91 Å². The van der Waals surface area contributed by atoms with Crippen molar-refractivity contribution in [3.63, 3.8) is 0 Å². The molecule has 1 N–H and O–H groups in total. The number of nitrogens with zero attached hydrogens (tertiary/aromatic N) is 1. The summed E-state index contributed by atoms with van der Waals surface area (Å²) in [6, 6.07) is 4.95. The summed E-state index contributed by atoms with van der Waals surface area (Å²) in [5.41, 5.74) is 2.51. The minimum absolute atomic E-state index is 0.102. The van der Waals surface area contributed by atoms with E-state index < -0.39 is 5.97 Å². The van der Waals surface area contributed by atoms with Crippen LogP contribution in [-0.2, 0) is 6.54 Å². The first kappa shape index (κ1) is 17.1. The normalized spacial score (nSPS) is 10.7. The van der Waals surface area contributed by atoms with Gasteiger partial charge in [-0.15, -0.1) is 0 Å².